The molecule has 1 amide bonds. The monoisotopic (exact) mass is 428 g/mol. The molecule has 0 spiro atoms. The summed E-state index contributed by atoms with van der Waals surface area (Å²) in [5.74, 6) is 2.17. The van der Waals surface area contributed by atoms with E-state index in [1.54, 1.807) is 24.3 Å². The van der Waals surface area contributed by atoms with Crippen LogP contribution in [0.5, 0.6) is 5.75 Å². The number of carbonyl (C=O) groups excluding carboxylic acids is 1. The Bertz CT molecular complexity index is 976. The smallest absolute Gasteiger partial charge is 0.262 e. The first-order valence-corrected chi connectivity index (χ1v) is 12.0. The first kappa shape index (κ1) is 20.9. The van der Waals surface area contributed by atoms with Gasteiger partial charge in [-0.05, 0) is 80.3 Å². The molecule has 2 aliphatic rings. The summed E-state index contributed by atoms with van der Waals surface area (Å²) in [6.07, 6.45) is 4.90. The molecule has 0 radical (unpaired) electrons. The molecule has 0 unspecified atom stereocenters. The highest BCUT2D eigenvalue weighted by Crippen LogP contribution is 2.49. The Labute approximate surface area is 178 Å². The molecule has 4 atom stereocenters. The molecule has 2 aliphatic carbocycles. The minimum atomic E-state index is -3.59. The number of rotatable bonds is 8. The fraction of sp³-hybridized carbons (Fsp3) is 0.435. The summed E-state index contributed by atoms with van der Waals surface area (Å²) < 4.78 is 33.8. The van der Waals surface area contributed by atoms with E-state index in [1.807, 2.05) is 25.1 Å². The third kappa shape index (κ3) is 4.84. The van der Waals surface area contributed by atoms with E-state index < -0.39 is 10.0 Å². The summed E-state index contributed by atoms with van der Waals surface area (Å²) in [5, 5.41) is 2.72. The summed E-state index contributed by atoms with van der Waals surface area (Å²) in [4.78, 5) is 12.3. The van der Waals surface area contributed by atoms with E-state index in [9.17, 15) is 13.2 Å². The molecule has 6 nitrogen and oxygen atoms in total. The summed E-state index contributed by atoms with van der Waals surface area (Å²) in [7, 11) is -3.59. The lowest BCUT2D eigenvalue weighted by Gasteiger charge is -2.28. The van der Waals surface area contributed by atoms with Gasteiger partial charge in [0.2, 0.25) is 10.0 Å². The average molecular weight is 429 g/mol. The molecule has 0 saturated heterocycles. The Hall–Kier alpha value is -2.38. The molecule has 0 aromatic heterocycles. The maximum absolute atomic E-state index is 12.8. The minimum Gasteiger partial charge on any atom is -0.484 e. The zero-order valence-electron chi connectivity index (χ0n) is 17.1. The molecule has 30 heavy (non-hydrogen) atoms. The Kier molecular flexibility index (Phi) is 6.11. The van der Waals surface area contributed by atoms with Crippen LogP contribution in [-0.4, -0.2) is 27.0 Å². The van der Waals surface area contributed by atoms with Crippen molar-refractivity contribution in [1.29, 1.82) is 0 Å². The van der Waals surface area contributed by atoms with Gasteiger partial charge in [-0.1, -0.05) is 24.6 Å². The number of carbonyl (C=O) groups is 1. The second-order valence-electron chi connectivity index (χ2n) is 8.42. The Balaban J connectivity index is 1.31. The van der Waals surface area contributed by atoms with Crippen LogP contribution in [0.1, 0.15) is 32.6 Å². The molecule has 2 aromatic rings. The van der Waals surface area contributed by atoms with Crippen molar-refractivity contribution in [1.82, 2.24) is 4.72 Å². The fourth-order valence-electron chi connectivity index (χ4n) is 4.89. The van der Waals surface area contributed by atoms with Gasteiger partial charge in [-0.15, -0.1) is 0 Å². The van der Waals surface area contributed by atoms with E-state index in [4.69, 9.17) is 4.74 Å². The van der Waals surface area contributed by atoms with Gasteiger partial charge in [0, 0.05) is 11.7 Å². The minimum absolute atomic E-state index is 0.0696. The van der Waals surface area contributed by atoms with E-state index in [2.05, 4.69) is 10.0 Å². The maximum Gasteiger partial charge on any atom is 0.262 e. The van der Waals surface area contributed by atoms with Crippen molar-refractivity contribution in [2.24, 2.45) is 17.8 Å². The third-order valence-electron chi connectivity index (χ3n) is 6.34. The second kappa shape index (κ2) is 8.78. The van der Waals surface area contributed by atoms with Crippen LogP contribution in [0.2, 0.25) is 0 Å². The topological polar surface area (TPSA) is 84.5 Å². The third-order valence-corrected chi connectivity index (χ3v) is 7.91. The van der Waals surface area contributed by atoms with Crippen LogP contribution in [0, 0.1) is 17.8 Å². The van der Waals surface area contributed by atoms with Crippen LogP contribution < -0.4 is 14.8 Å². The molecular formula is C23H28N2O4S. The van der Waals surface area contributed by atoms with Gasteiger partial charge in [-0.25, -0.2) is 13.1 Å². The Morgan fingerprint density at radius 1 is 1.07 bits per heavy atom. The van der Waals surface area contributed by atoms with Crippen molar-refractivity contribution in [3.63, 3.8) is 0 Å². The average Bonchev–Trinajstić information content (AvgIpc) is 3.37. The van der Waals surface area contributed by atoms with E-state index in [0.717, 1.165) is 12.3 Å². The summed E-state index contributed by atoms with van der Waals surface area (Å²) in [5.41, 5.74) is 0.525. The van der Waals surface area contributed by atoms with Crippen LogP contribution >= 0.6 is 0 Å². The molecule has 0 aliphatic heterocycles. The lowest BCUT2D eigenvalue weighted by atomic mass is 9.84. The highest BCUT2D eigenvalue weighted by Gasteiger charge is 2.42. The number of sulfonamides is 1. The Morgan fingerprint density at radius 3 is 2.43 bits per heavy atom. The van der Waals surface area contributed by atoms with Crippen LogP contribution in [0.3, 0.4) is 0 Å². The van der Waals surface area contributed by atoms with Crippen molar-refractivity contribution in [3.8, 4) is 5.75 Å². The van der Waals surface area contributed by atoms with Crippen LogP contribution in [0.4, 0.5) is 5.69 Å². The van der Waals surface area contributed by atoms with E-state index in [1.165, 1.54) is 31.4 Å². The number of amides is 1. The molecule has 7 heteroatoms. The molecular weight excluding hydrogens is 400 g/mol. The van der Waals surface area contributed by atoms with Gasteiger partial charge in [-0.3, -0.25) is 4.79 Å². The second-order valence-corrected chi connectivity index (χ2v) is 10.1. The van der Waals surface area contributed by atoms with Crippen molar-refractivity contribution >= 4 is 21.6 Å². The highest BCUT2D eigenvalue weighted by molar-refractivity contribution is 7.89. The summed E-state index contributed by atoms with van der Waals surface area (Å²) in [6, 6.07) is 15.2. The predicted molar refractivity (Wildman–Crippen MR) is 116 cm³/mol. The molecule has 0 heterocycles. The van der Waals surface area contributed by atoms with Gasteiger partial charge >= 0.3 is 0 Å². The molecule has 2 N–H and O–H groups in total. The molecule has 2 fully saturated rings. The van der Waals surface area contributed by atoms with Crippen molar-refractivity contribution < 1.29 is 17.9 Å². The number of hydrogen-bond acceptors (Lipinski definition) is 4. The summed E-state index contributed by atoms with van der Waals surface area (Å²) >= 11 is 0. The standard InChI is InChI=1S/C23H28N2O4S/c1-16(22-14-17-7-8-18(22)13-17)25-30(27,28)21-11-9-19(10-12-21)24-23(26)15-29-20-5-3-2-4-6-20/h2-6,9-12,16-18,22,25H,7-8,13-15H2,1H3,(H,24,26)/t16-,17+,18+,22-/m1/s1. The SMILES string of the molecule is C[C@@H](NS(=O)(=O)c1ccc(NC(=O)COc2ccccc2)cc1)[C@H]1C[C@H]2CC[C@H]1C2. The van der Waals surface area contributed by atoms with Gasteiger partial charge in [-0.2, -0.15) is 0 Å². The first-order chi connectivity index (χ1) is 14.4. The maximum atomic E-state index is 12.8. The van der Waals surface area contributed by atoms with E-state index >= 15 is 0 Å². The first-order valence-electron chi connectivity index (χ1n) is 10.5. The highest BCUT2D eigenvalue weighted by atomic mass is 32.2. The van der Waals surface area contributed by atoms with Crippen LogP contribution in [-0.2, 0) is 14.8 Å². The van der Waals surface area contributed by atoms with Gasteiger partial charge < -0.3 is 10.1 Å². The largest absolute Gasteiger partial charge is 0.484 e. The molecule has 4 rings (SSSR count). The normalized spacial score (nSPS) is 23.8. The quantitative estimate of drug-likeness (QED) is 0.670. The van der Waals surface area contributed by atoms with Gasteiger partial charge in [0.05, 0.1) is 4.90 Å². The fourth-order valence-corrected chi connectivity index (χ4v) is 6.18. The number of para-hydroxylation sites is 1. The van der Waals surface area contributed by atoms with Gasteiger partial charge in [0.25, 0.3) is 5.91 Å². The zero-order chi connectivity index (χ0) is 21.1. The van der Waals surface area contributed by atoms with Crippen molar-refractivity contribution in [2.45, 2.75) is 43.5 Å². The van der Waals surface area contributed by atoms with E-state index in [0.29, 0.717) is 23.3 Å². The van der Waals surface area contributed by atoms with E-state index in [-0.39, 0.29) is 23.5 Å². The van der Waals surface area contributed by atoms with Crippen molar-refractivity contribution in [3.05, 3.63) is 54.6 Å². The lowest BCUT2D eigenvalue weighted by molar-refractivity contribution is -0.118. The summed E-state index contributed by atoms with van der Waals surface area (Å²) in [6.45, 7) is 1.86. The predicted octanol–water partition coefficient (Wildman–Crippen LogP) is 3.81. The van der Waals surface area contributed by atoms with Crippen molar-refractivity contribution in [2.75, 3.05) is 11.9 Å². The van der Waals surface area contributed by atoms with Crippen LogP contribution in [0.15, 0.2) is 59.5 Å². The number of benzene rings is 2. The molecule has 2 bridgehead atoms. The Morgan fingerprint density at radius 2 is 1.80 bits per heavy atom. The zero-order valence-corrected chi connectivity index (χ0v) is 17.9. The number of fused-ring (bicyclic) bond motifs is 2. The number of nitrogens with one attached hydrogen (secondary N) is 2. The van der Waals surface area contributed by atoms with Crippen LogP contribution in [0.25, 0.3) is 0 Å². The lowest BCUT2D eigenvalue weighted by Crippen LogP contribution is -2.40. The molecule has 2 aromatic carbocycles. The number of hydrogen-bond donors (Lipinski definition) is 2. The number of anilines is 1. The van der Waals surface area contributed by atoms with Gasteiger partial charge in [0.15, 0.2) is 6.61 Å². The van der Waals surface area contributed by atoms with Gasteiger partial charge in [0.1, 0.15) is 5.75 Å². The number of ether oxygens (including phenoxy) is 1. The molecule has 2 saturated carbocycles. The molecule has 160 valence electrons.